The number of rotatable bonds is 1. The van der Waals surface area contributed by atoms with E-state index in [1.165, 1.54) is 0 Å². The fraction of sp³-hybridized carbons (Fsp3) is 0.909. The Morgan fingerprint density at radius 1 is 1.33 bits per heavy atom. The molecule has 1 atom stereocenters. The van der Waals surface area contributed by atoms with Crippen molar-refractivity contribution in [1.82, 2.24) is 15.5 Å². The average molecular weight is 211 g/mol. The van der Waals surface area contributed by atoms with Crippen molar-refractivity contribution in [3.05, 3.63) is 0 Å². The maximum atomic E-state index is 11.9. The fourth-order valence-electron chi connectivity index (χ4n) is 2.64. The highest BCUT2D eigenvalue weighted by molar-refractivity contribution is 5.87. The van der Waals surface area contributed by atoms with Gasteiger partial charge >= 0.3 is 0 Å². The molecule has 15 heavy (non-hydrogen) atoms. The summed E-state index contributed by atoms with van der Waals surface area (Å²) in [6.07, 6.45) is 3.05. The highest BCUT2D eigenvalue weighted by atomic mass is 16.2. The van der Waals surface area contributed by atoms with Gasteiger partial charge in [-0.05, 0) is 32.4 Å². The molecule has 0 aromatic carbocycles. The van der Waals surface area contributed by atoms with Crippen LogP contribution in [0, 0.1) is 0 Å². The van der Waals surface area contributed by atoms with Crippen molar-refractivity contribution in [1.29, 1.82) is 0 Å². The smallest absolute Gasteiger partial charge is 0.240 e. The topological polar surface area (TPSA) is 44.4 Å². The van der Waals surface area contributed by atoms with Crippen LogP contribution in [-0.4, -0.2) is 49.1 Å². The first kappa shape index (κ1) is 10.9. The molecule has 0 aromatic heterocycles. The number of carbonyl (C=O) groups is 1. The molecule has 0 bridgehead atoms. The summed E-state index contributed by atoms with van der Waals surface area (Å²) in [5.74, 6) is 0.215. The number of amides is 1. The van der Waals surface area contributed by atoms with E-state index in [0.717, 1.165) is 52.0 Å². The van der Waals surface area contributed by atoms with Crippen molar-refractivity contribution in [3.63, 3.8) is 0 Å². The molecular weight excluding hydrogens is 190 g/mol. The average Bonchev–Trinajstić information content (AvgIpc) is 2.46. The molecule has 0 radical (unpaired) electrons. The molecule has 2 aliphatic rings. The summed E-state index contributed by atoms with van der Waals surface area (Å²) in [6, 6.07) is 0. The maximum absolute atomic E-state index is 11.9. The summed E-state index contributed by atoms with van der Waals surface area (Å²) in [6.45, 7) is 7.14. The molecule has 0 aliphatic carbocycles. The highest BCUT2D eigenvalue weighted by Crippen LogP contribution is 2.23. The van der Waals surface area contributed by atoms with Gasteiger partial charge in [-0.15, -0.1) is 0 Å². The van der Waals surface area contributed by atoms with Gasteiger partial charge in [0.2, 0.25) is 5.91 Å². The first-order chi connectivity index (χ1) is 7.27. The molecule has 1 unspecified atom stereocenters. The summed E-state index contributed by atoms with van der Waals surface area (Å²) in [7, 11) is 0. The Morgan fingerprint density at radius 3 is 2.93 bits per heavy atom. The van der Waals surface area contributed by atoms with Crippen LogP contribution in [0.4, 0.5) is 0 Å². The van der Waals surface area contributed by atoms with Crippen LogP contribution in [-0.2, 0) is 4.79 Å². The Kier molecular flexibility index (Phi) is 3.26. The lowest BCUT2D eigenvalue weighted by atomic mass is 9.88. The van der Waals surface area contributed by atoms with Crippen LogP contribution in [0.15, 0.2) is 0 Å². The maximum Gasteiger partial charge on any atom is 0.240 e. The van der Waals surface area contributed by atoms with Gasteiger partial charge in [-0.2, -0.15) is 0 Å². The third-order valence-corrected chi connectivity index (χ3v) is 3.69. The summed E-state index contributed by atoms with van der Waals surface area (Å²) < 4.78 is 0. The zero-order chi connectivity index (χ0) is 10.7. The molecule has 86 valence electrons. The van der Waals surface area contributed by atoms with E-state index in [9.17, 15) is 4.79 Å². The zero-order valence-corrected chi connectivity index (χ0v) is 9.51. The summed E-state index contributed by atoms with van der Waals surface area (Å²) in [4.78, 5) is 14.4. The lowest BCUT2D eigenvalue weighted by Gasteiger charge is -2.36. The fourth-order valence-corrected chi connectivity index (χ4v) is 2.64. The van der Waals surface area contributed by atoms with Crippen LogP contribution < -0.4 is 10.6 Å². The summed E-state index contributed by atoms with van der Waals surface area (Å²) >= 11 is 0. The van der Waals surface area contributed by atoms with Gasteiger partial charge in [0, 0.05) is 19.6 Å². The van der Waals surface area contributed by atoms with E-state index < -0.39 is 0 Å². The van der Waals surface area contributed by atoms with Crippen LogP contribution in [0.2, 0.25) is 0 Å². The molecule has 2 rings (SSSR count). The van der Waals surface area contributed by atoms with Crippen molar-refractivity contribution >= 4 is 5.91 Å². The summed E-state index contributed by atoms with van der Waals surface area (Å²) in [5, 5.41) is 6.41. The van der Waals surface area contributed by atoms with Crippen molar-refractivity contribution in [2.24, 2.45) is 0 Å². The largest absolute Gasteiger partial charge is 0.353 e. The number of nitrogens with one attached hydrogen (secondary N) is 2. The number of hydrogen-bond donors (Lipinski definition) is 2. The van der Waals surface area contributed by atoms with E-state index >= 15 is 0 Å². The van der Waals surface area contributed by atoms with Gasteiger partial charge in [0.1, 0.15) is 0 Å². The van der Waals surface area contributed by atoms with Crippen LogP contribution in [0.5, 0.6) is 0 Å². The Hall–Kier alpha value is -0.610. The van der Waals surface area contributed by atoms with E-state index in [4.69, 9.17) is 0 Å². The van der Waals surface area contributed by atoms with Crippen molar-refractivity contribution in [3.8, 4) is 0 Å². The van der Waals surface area contributed by atoms with Gasteiger partial charge in [0.05, 0.1) is 5.54 Å². The van der Waals surface area contributed by atoms with Gasteiger partial charge < -0.3 is 15.5 Å². The third-order valence-electron chi connectivity index (χ3n) is 3.69. The van der Waals surface area contributed by atoms with Crippen LogP contribution in [0.3, 0.4) is 0 Å². The molecule has 2 fully saturated rings. The monoisotopic (exact) mass is 211 g/mol. The van der Waals surface area contributed by atoms with Crippen molar-refractivity contribution < 1.29 is 4.79 Å². The Morgan fingerprint density at radius 2 is 2.20 bits per heavy atom. The van der Waals surface area contributed by atoms with Crippen molar-refractivity contribution in [2.45, 2.75) is 31.7 Å². The SMILES string of the molecule is CCN1CCCC2(CC1)NCCNC2=O. The van der Waals surface area contributed by atoms with E-state index in [1.54, 1.807) is 0 Å². The molecule has 1 amide bonds. The molecule has 0 saturated carbocycles. The van der Waals surface area contributed by atoms with Gasteiger partial charge in [0.25, 0.3) is 0 Å². The van der Waals surface area contributed by atoms with E-state index in [0.29, 0.717) is 0 Å². The molecule has 0 aromatic rings. The van der Waals surface area contributed by atoms with E-state index in [1.807, 2.05) is 0 Å². The zero-order valence-electron chi connectivity index (χ0n) is 9.51. The van der Waals surface area contributed by atoms with Gasteiger partial charge in [-0.1, -0.05) is 6.92 Å². The van der Waals surface area contributed by atoms with E-state index in [2.05, 4.69) is 22.5 Å². The Bertz CT molecular complexity index is 244. The quantitative estimate of drug-likeness (QED) is 0.639. The molecule has 1 spiro atoms. The molecule has 2 N–H and O–H groups in total. The minimum absolute atomic E-state index is 0.215. The van der Waals surface area contributed by atoms with Gasteiger partial charge in [-0.25, -0.2) is 0 Å². The number of carbonyl (C=O) groups excluding carboxylic acids is 1. The summed E-state index contributed by atoms with van der Waals surface area (Å²) in [5.41, 5.74) is -0.262. The number of piperazine rings is 1. The molecule has 4 nitrogen and oxygen atoms in total. The number of nitrogens with zero attached hydrogens (tertiary/aromatic N) is 1. The van der Waals surface area contributed by atoms with Gasteiger partial charge in [-0.3, -0.25) is 4.79 Å². The molecule has 2 heterocycles. The number of hydrogen-bond acceptors (Lipinski definition) is 3. The third kappa shape index (κ3) is 2.16. The van der Waals surface area contributed by atoms with Gasteiger partial charge in [0.15, 0.2) is 0 Å². The normalized spacial score (nSPS) is 33.8. The lowest BCUT2D eigenvalue weighted by molar-refractivity contribution is -0.129. The lowest BCUT2D eigenvalue weighted by Crippen LogP contribution is -2.63. The highest BCUT2D eigenvalue weighted by Gasteiger charge is 2.40. The standard InChI is InChI=1S/C11H21N3O/c1-2-14-8-3-4-11(5-9-14)10(15)12-6-7-13-11/h13H,2-9H2,1H3,(H,12,15). The molecule has 2 aliphatic heterocycles. The second-order valence-corrected chi connectivity index (χ2v) is 4.55. The Balaban J connectivity index is 2.04. The van der Waals surface area contributed by atoms with E-state index in [-0.39, 0.29) is 11.4 Å². The first-order valence-corrected chi connectivity index (χ1v) is 6.02. The first-order valence-electron chi connectivity index (χ1n) is 6.02. The van der Waals surface area contributed by atoms with Crippen molar-refractivity contribution in [2.75, 3.05) is 32.7 Å². The van der Waals surface area contributed by atoms with Crippen LogP contribution in [0.1, 0.15) is 26.2 Å². The van der Waals surface area contributed by atoms with Crippen LogP contribution in [0.25, 0.3) is 0 Å². The predicted octanol–water partition coefficient (Wildman–Crippen LogP) is -0.0496. The molecule has 4 heteroatoms. The number of likely N-dealkylation sites (tertiary alicyclic amines) is 1. The Labute approximate surface area is 91.4 Å². The predicted molar refractivity (Wildman–Crippen MR) is 59.7 cm³/mol. The minimum atomic E-state index is -0.262. The second-order valence-electron chi connectivity index (χ2n) is 4.55. The minimum Gasteiger partial charge on any atom is -0.353 e. The van der Waals surface area contributed by atoms with Crippen LogP contribution >= 0.6 is 0 Å². The second kappa shape index (κ2) is 4.49. The molecule has 2 saturated heterocycles. The molecular formula is C11H21N3O.